The predicted molar refractivity (Wildman–Crippen MR) is 102 cm³/mol. The highest BCUT2D eigenvalue weighted by molar-refractivity contribution is 5.93. The van der Waals surface area contributed by atoms with Crippen LogP contribution < -0.4 is 19.7 Å². The van der Waals surface area contributed by atoms with E-state index in [1.165, 1.54) is 11.3 Å². The molecule has 5 nitrogen and oxygen atoms in total. The number of anilines is 2. The first kappa shape index (κ1) is 16.8. The lowest BCUT2D eigenvalue weighted by Gasteiger charge is -2.33. The van der Waals surface area contributed by atoms with Gasteiger partial charge in [-0.3, -0.25) is 4.79 Å². The van der Waals surface area contributed by atoms with E-state index < -0.39 is 0 Å². The fourth-order valence-corrected chi connectivity index (χ4v) is 3.52. The van der Waals surface area contributed by atoms with Crippen molar-refractivity contribution in [2.75, 3.05) is 36.5 Å². The molecule has 5 heteroatoms. The summed E-state index contributed by atoms with van der Waals surface area (Å²) in [6.07, 6.45) is 1.73. The molecule has 1 saturated heterocycles. The Bertz CT molecular complexity index is 780. The zero-order valence-electron chi connectivity index (χ0n) is 15.0. The second-order valence-corrected chi connectivity index (χ2v) is 6.94. The molecule has 1 amide bonds. The maximum Gasteiger partial charge on any atom is 0.227 e. The number of nitrogens with zero attached hydrogens (tertiary/aromatic N) is 1. The fourth-order valence-electron chi connectivity index (χ4n) is 3.52. The summed E-state index contributed by atoms with van der Waals surface area (Å²) in [4.78, 5) is 15.0. The van der Waals surface area contributed by atoms with Gasteiger partial charge >= 0.3 is 0 Å². The molecule has 0 aliphatic carbocycles. The van der Waals surface area contributed by atoms with Gasteiger partial charge in [-0.15, -0.1) is 0 Å². The Morgan fingerprint density at radius 1 is 1.00 bits per heavy atom. The lowest BCUT2D eigenvalue weighted by Crippen LogP contribution is -2.38. The average molecular weight is 352 g/mol. The molecule has 2 aliphatic rings. The zero-order valence-corrected chi connectivity index (χ0v) is 15.0. The van der Waals surface area contributed by atoms with Gasteiger partial charge in [-0.1, -0.05) is 17.7 Å². The molecule has 2 aliphatic heterocycles. The number of carbonyl (C=O) groups excluding carboxylic acids is 1. The number of benzene rings is 2. The number of carbonyl (C=O) groups is 1. The van der Waals surface area contributed by atoms with E-state index in [0.717, 1.165) is 37.4 Å². The second kappa shape index (κ2) is 7.28. The molecule has 0 bridgehead atoms. The van der Waals surface area contributed by atoms with Crippen LogP contribution in [0.25, 0.3) is 0 Å². The Morgan fingerprint density at radius 3 is 2.42 bits per heavy atom. The van der Waals surface area contributed by atoms with Crippen molar-refractivity contribution in [3.8, 4) is 11.5 Å². The minimum Gasteiger partial charge on any atom is -0.486 e. The van der Waals surface area contributed by atoms with Gasteiger partial charge in [0.15, 0.2) is 11.5 Å². The Kier molecular flexibility index (Phi) is 4.69. The number of rotatable bonds is 3. The van der Waals surface area contributed by atoms with E-state index >= 15 is 0 Å². The lowest BCUT2D eigenvalue weighted by molar-refractivity contribution is -0.120. The molecule has 0 radical (unpaired) electrons. The van der Waals surface area contributed by atoms with Gasteiger partial charge in [0.05, 0.1) is 0 Å². The minimum absolute atomic E-state index is 0.0462. The maximum absolute atomic E-state index is 12.6. The van der Waals surface area contributed by atoms with Gasteiger partial charge < -0.3 is 19.7 Å². The minimum atomic E-state index is 0.0462. The van der Waals surface area contributed by atoms with Crippen LogP contribution in [0.2, 0.25) is 0 Å². The van der Waals surface area contributed by atoms with Crippen LogP contribution in [0.3, 0.4) is 0 Å². The van der Waals surface area contributed by atoms with Gasteiger partial charge in [-0.05, 0) is 44.0 Å². The molecule has 1 N–H and O–H groups in total. The van der Waals surface area contributed by atoms with Crippen molar-refractivity contribution in [1.29, 1.82) is 0 Å². The van der Waals surface area contributed by atoms with Crippen molar-refractivity contribution in [2.24, 2.45) is 5.92 Å². The highest BCUT2D eigenvalue weighted by Crippen LogP contribution is 2.33. The third-order valence-electron chi connectivity index (χ3n) is 5.07. The van der Waals surface area contributed by atoms with Gasteiger partial charge in [-0.2, -0.15) is 0 Å². The summed E-state index contributed by atoms with van der Waals surface area (Å²) in [5.74, 6) is 1.57. The number of amides is 1. The van der Waals surface area contributed by atoms with Crippen LogP contribution in [0.4, 0.5) is 11.4 Å². The van der Waals surface area contributed by atoms with Gasteiger partial charge in [0.25, 0.3) is 0 Å². The summed E-state index contributed by atoms with van der Waals surface area (Å²) in [6.45, 7) is 5.02. The molecule has 0 unspecified atom stereocenters. The fraction of sp³-hybridized carbons (Fsp3) is 0.381. The van der Waals surface area contributed by atoms with Crippen LogP contribution in [0.15, 0.2) is 42.5 Å². The SMILES string of the molecule is Cc1ccc(N2CCC(C(=O)Nc3ccc4c(c3)OCCO4)CC2)cc1. The Morgan fingerprint density at radius 2 is 1.69 bits per heavy atom. The van der Waals surface area contributed by atoms with Crippen molar-refractivity contribution in [1.82, 2.24) is 0 Å². The van der Waals surface area contributed by atoms with E-state index in [2.05, 4.69) is 41.4 Å². The molecule has 0 spiro atoms. The van der Waals surface area contributed by atoms with Crippen LogP contribution >= 0.6 is 0 Å². The average Bonchev–Trinajstić information content (AvgIpc) is 2.68. The number of hydrogen-bond donors (Lipinski definition) is 1. The van der Waals surface area contributed by atoms with Gasteiger partial charge in [0.2, 0.25) is 5.91 Å². The number of aryl methyl sites for hydroxylation is 1. The number of piperidine rings is 1. The third kappa shape index (κ3) is 3.62. The summed E-state index contributed by atoms with van der Waals surface area (Å²) < 4.78 is 11.1. The first-order valence-corrected chi connectivity index (χ1v) is 9.21. The lowest BCUT2D eigenvalue weighted by atomic mass is 9.95. The van der Waals surface area contributed by atoms with E-state index in [9.17, 15) is 4.79 Å². The third-order valence-corrected chi connectivity index (χ3v) is 5.07. The maximum atomic E-state index is 12.6. The number of nitrogens with one attached hydrogen (secondary N) is 1. The van der Waals surface area contributed by atoms with Crippen molar-refractivity contribution in [3.05, 3.63) is 48.0 Å². The van der Waals surface area contributed by atoms with Crippen LogP contribution in [0, 0.1) is 12.8 Å². The Balaban J connectivity index is 1.34. The van der Waals surface area contributed by atoms with Crippen LogP contribution in [0.5, 0.6) is 11.5 Å². The van der Waals surface area contributed by atoms with E-state index in [-0.39, 0.29) is 11.8 Å². The number of hydrogen-bond acceptors (Lipinski definition) is 4. The summed E-state index contributed by atoms with van der Waals surface area (Å²) >= 11 is 0. The van der Waals surface area contributed by atoms with Crippen molar-refractivity contribution in [2.45, 2.75) is 19.8 Å². The molecule has 2 aromatic carbocycles. The monoisotopic (exact) mass is 352 g/mol. The second-order valence-electron chi connectivity index (χ2n) is 6.94. The molecule has 0 saturated carbocycles. The largest absolute Gasteiger partial charge is 0.486 e. The van der Waals surface area contributed by atoms with Crippen LogP contribution in [-0.4, -0.2) is 32.2 Å². The van der Waals surface area contributed by atoms with Crippen LogP contribution in [0.1, 0.15) is 18.4 Å². The molecule has 136 valence electrons. The molecule has 1 fully saturated rings. The van der Waals surface area contributed by atoms with Gasteiger partial charge in [0.1, 0.15) is 13.2 Å². The van der Waals surface area contributed by atoms with Crippen LogP contribution in [-0.2, 0) is 4.79 Å². The highest BCUT2D eigenvalue weighted by atomic mass is 16.6. The van der Waals surface area contributed by atoms with Crippen molar-refractivity contribution in [3.63, 3.8) is 0 Å². The Hall–Kier alpha value is -2.69. The number of ether oxygens (including phenoxy) is 2. The van der Waals surface area contributed by atoms with E-state index in [4.69, 9.17) is 9.47 Å². The molecular weight excluding hydrogens is 328 g/mol. The summed E-state index contributed by atoms with van der Waals surface area (Å²) in [7, 11) is 0. The molecule has 0 aromatic heterocycles. The summed E-state index contributed by atoms with van der Waals surface area (Å²) in [5.41, 5.74) is 3.27. The van der Waals surface area contributed by atoms with Gasteiger partial charge in [-0.25, -0.2) is 0 Å². The topological polar surface area (TPSA) is 50.8 Å². The van der Waals surface area contributed by atoms with E-state index in [0.29, 0.717) is 19.0 Å². The van der Waals surface area contributed by atoms with Crippen molar-refractivity contribution >= 4 is 17.3 Å². The van der Waals surface area contributed by atoms with E-state index in [1.54, 1.807) is 0 Å². The zero-order chi connectivity index (χ0) is 17.9. The predicted octanol–water partition coefficient (Wildman–Crippen LogP) is 3.62. The van der Waals surface area contributed by atoms with Crippen molar-refractivity contribution < 1.29 is 14.3 Å². The summed E-state index contributed by atoms with van der Waals surface area (Å²) in [5, 5.41) is 3.03. The molecule has 2 heterocycles. The molecule has 26 heavy (non-hydrogen) atoms. The Labute approximate surface area is 153 Å². The van der Waals surface area contributed by atoms with Gasteiger partial charge in [0, 0.05) is 36.4 Å². The molecular formula is C21H24N2O3. The quantitative estimate of drug-likeness (QED) is 0.917. The number of fused-ring (bicyclic) bond motifs is 1. The summed E-state index contributed by atoms with van der Waals surface area (Å²) in [6, 6.07) is 14.1. The highest BCUT2D eigenvalue weighted by Gasteiger charge is 2.25. The van der Waals surface area contributed by atoms with E-state index in [1.807, 2.05) is 18.2 Å². The standard InChI is InChI=1S/C21H24N2O3/c1-15-2-5-18(6-3-15)23-10-8-16(9-11-23)21(24)22-17-4-7-19-20(14-17)26-13-12-25-19/h2-7,14,16H,8-13H2,1H3,(H,22,24). The normalized spacial score (nSPS) is 17.0. The first-order chi connectivity index (χ1) is 12.7. The molecule has 2 aromatic rings. The first-order valence-electron chi connectivity index (χ1n) is 9.21. The molecule has 0 atom stereocenters. The smallest absolute Gasteiger partial charge is 0.227 e. The molecule has 4 rings (SSSR count).